The normalized spacial score (nSPS) is 13.3. The monoisotopic (exact) mass is 531 g/mol. The van der Waals surface area contributed by atoms with Crippen molar-refractivity contribution < 1.29 is 14.3 Å². The maximum absolute atomic E-state index is 13.4. The van der Waals surface area contributed by atoms with Crippen LogP contribution in [0.3, 0.4) is 0 Å². The third kappa shape index (κ3) is 4.82. The van der Waals surface area contributed by atoms with Gasteiger partial charge in [0.15, 0.2) is 22.8 Å². The molecule has 5 aromatic rings. The van der Waals surface area contributed by atoms with E-state index in [0.717, 1.165) is 28.1 Å². The van der Waals surface area contributed by atoms with E-state index in [1.54, 1.807) is 56.6 Å². The van der Waals surface area contributed by atoms with Crippen molar-refractivity contribution in [2.45, 2.75) is 26.8 Å². The lowest BCUT2D eigenvalue weighted by Crippen LogP contribution is -2.32. The average Bonchev–Trinajstić information content (AvgIpc) is 3.60. The fourth-order valence-electron chi connectivity index (χ4n) is 4.41. The van der Waals surface area contributed by atoms with Gasteiger partial charge in [0.1, 0.15) is 6.61 Å². The molecule has 188 valence electrons. The van der Waals surface area contributed by atoms with Crippen molar-refractivity contribution in [2.75, 3.05) is 19.8 Å². The minimum absolute atomic E-state index is 0.150. The number of rotatable bonds is 6. The van der Waals surface area contributed by atoms with Gasteiger partial charge in [-0.3, -0.25) is 4.79 Å². The molecule has 4 aromatic heterocycles. The molecule has 1 aliphatic heterocycles. The predicted molar refractivity (Wildman–Crippen MR) is 144 cm³/mol. The molecule has 0 bridgehead atoms. The Morgan fingerprint density at radius 2 is 2.11 bits per heavy atom. The fourth-order valence-corrected chi connectivity index (χ4v) is 6.03. The van der Waals surface area contributed by atoms with Gasteiger partial charge in [0.2, 0.25) is 0 Å². The smallest absolute Gasteiger partial charge is 0.274 e. The highest BCUT2D eigenvalue weighted by atomic mass is 32.1. The first-order chi connectivity index (χ1) is 18.0. The summed E-state index contributed by atoms with van der Waals surface area (Å²) >= 11 is 3.38. The van der Waals surface area contributed by atoms with Gasteiger partial charge < -0.3 is 14.4 Å². The van der Waals surface area contributed by atoms with E-state index in [-0.39, 0.29) is 5.91 Å². The summed E-state index contributed by atoms with van der Waals surface area (Å²) in [5.74, 6) is 1.25. The number of ether oxygens (including phenoxy) is 2. The number of carbonyl (C=O) groups excluding carboxylic acids is 1. The van der Waals surface area contributed by atoms with Crippen molar-refractivity contribution in [1.29, 1.82) is 0 Å². The molecular formula is C27H25N5O3S2. The first-order valence-electron chi connectivity index (χ1n) is 12.0. The van der Waals surface area contributed by atoms with Crippen LogP contribution in [0.2, 0.25) is 0 Å². The van der Waals surface area contributed by atoms with Gasteiger partial charge >= 0.3 is 0 Å². The van der Waals surface area contributed by atoms with Gasteiger partial charge in [-0.15, -0.1) is 22.7 Å². The second-order valence-corrected chi connectivity index (χ2v) is 11.1. The second-order valence-electron chi connectivity index (χ2n) is 8.86. The summed E-state index contributed by atoms with van der Waals surface area (Å²) in [6.45, 7) is 5.85. The Hall–Kier alpha value is -3.76. The summed E-state index contributed by atoms with van der Waals surface area (Å²) in [6.07, 6.45) is 4.25. The average molecular weight is 532 g/mol. The first kappa shape index (κ1) is 23.6. The second kappa shape index (κ2) is 9.95. The van der Waals surface area contributed by atoms with Crippen molar-refractivity contribution in [3.63, 3.8) is 0 Å². The van der Waals surface area contributed by atoms with Crippen molar-refractivity contribution in [1.82, 2.24) is 24.5 Å². The molecule has 0 spiro atoms. The standard InChI is InChI=1S/C27H25N5O3S2/c1-17-4-5-24(37-17)19-12-20-15-31(27(33)21-14-25-28-7-3-8-32(25)30-21)9-11-35-26(20)22(13-19)34-10-6-23-18(2)29-16-36-23/h3-5,7-8,12-14,16H,6,9-11,15H2,1-2H3. The van der Waals surface area contributed by atoms with E-state index in [0.29, 0.717) is 49.1 Å². The Morgan fingerprint density at radius 1 is 1.19 bits per heavy atom. The van der Waals surface area contributed by atoms with Crippen LogP contribution in [0, 0.1) is 13.8 Å². The Balaban J connectivity index is 1.31. The van der Waals surface area contributed by atoms with Gasteiger partial charge in [-0.1, -0.05) is 0 Å². The Labute approximate surface area is 222 Å². The van der Waals surface area contributed by atoms with Crippen LogP contribution < -0.4 is 9.47 Å². The number of thiazole rings is 1. The summed E-state index contributed by atoms with van der Waals surface area (Å²) in [5.41, 5.74) is 5.88. The van der Waals surface area contributed by atoms with Gasteiger partial charge in [0, 0.05) is 51.6 Å². The fraction of sp³-hybridized carbons (Fsp3) is 0.259. The number of carbonyl (C=O) groups is 1. The molecule has 0 saturated carbocycles. The van der Waals surface area contributed by atoms with E-state index < -0.39 is 0 Å². The van der Waals surface area contributed by atoms with Gasteiger partial charge in [0.05, 0.1) is 24.4 Å². The molecule has 0 N–H and O–H groups in total. The molecule has 0 radical (unpaired) electrons. The number of fused-ring (bicyclic) bond motifs is 2. The van der Waals surface area contributed by atoms with E-state index in [1.807, 2.05) is 12.4 Å². The number of aromatic nitrogens is 4. The molecule has 0 atom stereocenters. The molecular weight excluding hydrogens is 506 g/mol. The molecule has 6 rings (SSSR count). The molecule has 0 aliphatic carbocycles. The van der Waals surface area contributed by atoms with Gasteiger partial charge in [-0.2, -0.15) is 5.10 Å². The van der Waals surface area contributed by atoms with E-state index in [1.165, 1.54) is 9.75 Å². The molecule has 10 heteroatoms. The molecule has 0 fully saturated rings. The number of aryl methyl sites for hydroxylation is 2. The van der Waals surface area contributed by atoms with Crippen LogP contribution in [0.15, 0.2) is 54.3 Å². The van der Waals surface area contributed by atoms with E-state index in [2.05, 4.69) is 46.3 Å². The predicted octanol–water partition coefficient (Wildman–Crippen LogP) is 5.19. The van der Waals surface area contributed by atoms with Crippen molar-refractivity contribution in [3.8, 4) is 21.9 Å². The molecule has 8 nitrogen and oxygen atoms in total. The Bertz CT molecular complexity index is 1550. The molecule has 1 amide bonds. The van der Waals surface area contributed by atoms with E-state index in [9.17, 15) is 4.79 Å². The zero-order valence-corrected chi connectivity index (χ0v) is 22.1. The van der Waals surface area contributed by atoms with Crippen LogP contribution >= 0.6 is 22.7 Å². The van der Waals surface area contributed by atoms with Gasteiger partial charge in [0.25, 0.3) is 5.91 Å². The van der Waals surface area contributed by atoms with E-state index >= 15 is 0 Å². The summed E-state index contributed by atoms with van der Waals surface area (Å²) in [4.78, 5) is 27.4. The number of nitrogens with zero attached hydrogens (tertiary/aromatic N) is 5. The number of benzene rings is 1. The summed E-state index contributed by atoms with van der Waals surface area (Å²) in [6, 6.07) is 11.9. The molecule has 0 unspecified atom stereocenters. The van der Waals surface area contributed by atoms with Crippen LogP contribution in [-0.2, 0) is 13.0 Å². The minimum Gasteiger partial charge on any atom is -0.489 e. The van der Waals surface area contributed by atoms with Gasteiger partial charge in [-0.25, -0.2) is 14.5 Å². The lowest BCUT2D eigenvalue weighted by atomic mass is 10.1. The molecule has 5 heterocycles. The number of hydrogen-bond acceptors (Lipinski definition) is 8. The maximum atomic E-state index is 13.4. The Morgan fingerprint density at radius 3 is 2.89 bits per heavy atom. The highest BCUT2D eigenvalue weighted by Crippen LogP contribution is 2.40. The van der Waals surface area contributed by atoms with Crippen LogP contribution in [0.5, 0.6) is 11.5 Å². The third-order valence-corrected chi connectivity index (χ3v) is 8.34. The minimum atomic E-state index is -0.150. The van der Waals surface area contributed by atoms with Crippen molar-refractivity contribution >= 4 is 34.2 Å². The summed E-state index contributed by atoms with van der Waals surface area (Å²) in [7, 11) is 0. The zero-order valence-electron chi connectivity index (χ0n) is 20.5. The SMILES string of the molecule is Cc1ccc(-c2cc3c(c(OCCc4scnc4C)c2)OCCN(C(=O)c2cc4ncccn4n2)C3)s1. The maximum Gasteiger partial charge on any atom is 0.274 e. The van der Waals surface area contributed by atoms with E-state index in [4.69, 9.17) is 9.47 Å². The molecule has 1 aliphatic rings. The van der Waals surface area contributed by atoms with Crippen LogP contribution in [0.4, 0.5) is 0 Å². The largest absolute Gasteiger partial charge is 0.489 e. The summed E-state index contributed by atoms with van der Waals surface area (Å²) in [5, 5.41) is 4.43. The van der Waals surface area contributed by atoms with Gasteiger partial charge in [-0.05, 0) is 49.7 Å². The Kier molecular flexibility index (Phi) is 6.35. The quantitative estimate of drug-likeness (QED) is 0.300. The van der Waals surface area contributed by atoms with Crippen molar-refractivity contribution in [2.24, 2.45) is 0 Å². The third-order valence-electron chi connectivity index (χ3n) is 6.30. The highest BCUT2D eigenvalue weighted by molar-refractivity contribution is 7.15. The lowest BCUT2D eigenvalue weighted by Gasteiger charge is -2.19. The molecule has 0 saturated heterocycles. The molecule has 1 aromatic carbocycles. The summed E-state index contributed by atoms with van der Waals surface area (Å²) < 4.78 is 14.1. The number of amides is 1. The number of hydrogen-bond donors (Lipinski definition) is 0. The van der Waals surface area contributed by atoms with Crippen molar-refractivity contribution in [3.05, 3.63) is 81.0 Å². The van der Waals surface area contributed by atoms with Crippen LogP contribution in [0.1, 0.15) is 31.5 Å². The topological polar surface area (TPSA) is 81.9 Å². The van der Waals surface area contributed by atoms with Crippen LogP contribution in [0.25, 0.3) is 16.1 Å². The molecule has 37 heavy (non-hydrogen) atoms. The first-order valence-corrected chi connectivity index (χ1v) is 13.7. The zero-order chi connectivity index (χ0) is 25.4. The van der Waals surface area contributed by atoms with Crippen LogP contribution in [-0.4, -0.2) is 50.1 Å². The lowest BCUT2D eigenvalue weighted by molar-refractivity contribution is 0.0726. The highest BCUT2D eigenvalue weighted by Gasteiger charge is 2.26. The number of thiophene rings is 1.